The zero-order chi connectivity index (χ0) is 25.6. The van der Waals surface area contributed by atoms with Crippen LogP contribution in [0.15, 0.2) is 95.4 Å². The first-order chi connectivity index (χ1) is 18.2. The Balaban J connectivity index is 1.59. The Morgan fingerprint density at radius 2 is 1.46 bits per heavy atom. The number of nitrogens with zero attached hydrogens (tertiary/aromatic N) is 1. The molecule has 0 amide bonds. The van der Waals surface area contributed by atoms with Crippen molar-refractivity contribution in [3.63, 3.8) is 0 Å². The molecule has 0 aromatic heterocycles. The average molecular weight is 491 g/mol. The highest BCUT2D eigenvalue weighted by Crippen LogP contribution is 2.41. The molecule has 2 aliphatic rings. The lowest BCUT2D eigenvalue weighted by Crippen LogP contribution is -2.25. The van der Waals surface area contributed by atoms with Gasteiger partial charge in [0.05, 0.1) is 5.36 Å². The molecule has 0 bridgehead atoms. The summed E-state index contributed by atoms with van der Waals surface area (Å²) < 4.78 is 12.4. The van der Waals surface area contributed by atoms with E-state index in [0.717, 1.165) is 58.0 Å². The molecule has 3 aromatic carbocycles. The SMILES string of the molecule is CCCCN(CCCC)c1ccc2c(-c3ccc(Oc4ccccc4)cc3)c3ccc(=N)cc-3oc2c1. The van der Waals surface area contributed by atoms with Crippen molar-refractivity contribution < 1.29 is 9.15 Å². The van der Waals surface area contributed by atoms with Crippen LogP contribution >= 0.6 is 0 Å². The van der Waals surface area contributed by atoms with Gasteiger partial charge in [-0.25, -0.2) is 0 Å². The minimum absolute atomic E-state index is 0.442. The predicted molar refractivity (Wildman–Crippen MR) is 153 cm³/mol. The van der Waals surface area contributed by atoms with Gasteiger partial charge in [-0.1, -0.05) is 57.0 Å². The van der Waals surface area contributed by atoms with Gasteiger partial charge in [0.2, 0.25) is 0 Å². The largest absolute Gasteiger partial charge is 0.457 e. The van der Waals surface area contributed by atoms with Gasteiger partial charge in [0.1, 0.15) is 22.8 Å². The average Bonchev–Trinajstić information content (AvgIpc) is 2.92. The molecule has 3 aromatic rings. The zero-order valence-electron chi connectivity index (χ0n) is 21.7. The fourth-order valence-corrected chi connectivity index (χ4v) is 4.77. The molecule has 5 rings (SSSR count). The van der Waals surface area contributed by atoms with Gasteiger partial charge in [-0.15, -0.1) is 0 Å². The van der Waals surface area contributed by atoms with Crippen molar-refractivity contribution in [1.82, 2.24) is 0 Å². The minimum Gasteiger partial charge on any atom is -0.457 e. The maximum absolute atomic E-state index is 8.17. The maximum atomic E-state index is 8.17. The first kappa shape index (κ1) is 24.6. The highest BCUT2D eigenvalue weighted by Gasteiger charge is 2.18. The second kappa shape index (κ2) is 11.3. The third kappa shape index (κ3) is 5.54. The van der Waals surface area contributed by atoms with Crippen molar-refractivity contribution in [3.8, 4) is 33.9 Å². The molecule has 4 heteroatoms. The van der Waals surface area contributed by atoms with E-state index in [0.29, 0.717) is 5.36 Å². The Hall–Kier alpha value is -4.05. The summed E-state index contributed by atoms with van der Waals surface area (Å²) in [6.45, 7) is 6.56. The molecule has 0 spiro atoms. The summed E-state index contributed by atoms with van der Waals surface area (Å²) in [6.07, 6.45) is 4.68. The molecule has 1 aliphatic carbocycles. The molecule has 0 atom stereocenters. The van der Waals surface area contributed by atoms with Gasteiger partial charge in [-0.3, -0.25) is 0 Å². The summed E-state index contributed by atoms with van der Waals surface area (Å²) in [7, 11) is 0. The normalized spacial score (nSPS) is 11.2. The summed E-state index contributed by atoms with van der Waals surface area (Å²) in [6, 6.07) is 30.3. The number of ether oxygens (including phenoxy) is 1. The van der Waals surface area contributed by atoms with E-state index in [1.807, 2.05) is 60.7 Å². The lowest BCUT2D eigenvalue weighted by atomic mass is 9.93. The highest BCUT2D eigenvalue weighted by molar-refractivity contribution is 6.02. The Kier molecular flexibility index (Phi) is 7.55. The fourth-order valence-electron chi connectivity index (χ4n) is 4.77. The van der Waals surface area contributed by atoms with Crippen LogP contribution in [-0.4, -0.2) is 13.1 Å². The number of anilines is 1. The van der Waals surface area contributed by atoms with Crippen LogP contribution in [0.25, 0.3) is 33.4 Å². The van der Waals surface area contributed by atoms with Crippen LogP contribution in [0, 0.1) is 5.41 Å². The van der Waals surface area contributed by atoms with Crippen molar-refractivity contribution in [3.05, 3.63) is 96.4 Å². The molecule has 1 N–H and O–H groups in total. The number of hydrogen-bond acceptors (Lipinski definition) is 4. The molecule has 1 heterocycles. The van der Waals surface area contributed by atoms with Gasteiger partial charge in [0, 0.05) is 47.4 Å². The second-order valence-electron chi connectivity index (χ2n) is 9.50. The lowest BCUT2D eigenvalue weighted by Gasteiger charge is -2.25. The predicted octanol–water partition coefficient (Wildman–Crippen LogP) is 8.88. The summed E-state index contributed by atoms with van der Waals surface area (Å²) in [5.41, 5.74) is 5.24. The standard InChI is InChI=1S/C33H34N2O2/c1-3-5-20-35(21-6-4-2)26-15-19-30-32(23-26)37-31-22-25(34)14-18-29(31)33(30)24-12-16-28(17-13-24)36-27-10-8-7-9-11-27/h7-19,22-23,34H,3-6,20-21H2,1-2H3. The van der Waals surface area contributed by atoms with Gasteiger partial charge in [0.25, 0.3) is 0 Å². The Morgan fingerprint density at radius 1 is 0.757 bits per heavy atom. The van der Waals surface area contributed by atoms with Crippen molar-refractivity contribution in [2.45, 2.75) is 39.5 Å². The number of hydrogen-bond donors (Lipinski definition) is 1. The van der Waals surface area contributed by atoms with Crippen LogP contribution in [0.3, 0.4) is 0 Å². The van der Waals surface area contributed by atoms with E-state index in [1.54, 1.807) is 0 Å². The van der Waals surface area contributed by atoms with Crippen LogP contribution in [0.2, 0.25) is 0 Å². The van der Waals surface area contributed by atoms with Crippen LogP contribution in [0.5, 0.6) is 11.5 Å². The third-order valence-electron chi connectivity index (χ3n) is 6.76. The van der Waals surface area contributed by atoms with Gasteiger partial charge in [0.15, 0.2) is 0 Å². The van der Waals surface area contributed by atoms with Gasteiger partial charge in [-0.05, 0) is 66.9 Å². The van der Waals surface area contributed by atoms with E-state index in [2.05, 4.69) is 49.1 Å². The van der Waals surface area contributed by atoms with Crippen molar-refractivity contribution >= 4 is 16.7 Å². The lowest BCUT2D eigenvalue weighted by molar-refractivity contribution is 0.483. The van der Waals surface area contributed by atoms with Crippen molar-refractivity contribution in [1.29, 1.82) is 5.41 Å². The molecular formula is C33H34N2O2. The van der Waals surface area contributed by atoms with Crippen LogP contribution < -0.4 is 15.0 Å². The summed E-state index contributed by atoms with van der Waals surface area (Å²) in [4.78, 5) is 2.47. The first-order valence-corrected chi connectivity index (χ1v) is 13.3. The number of nitrogens with one attached hydrogen (secondary N) is 1. The molecule has 0 fully saturated rings. The molecule has 0 unspecified atom stereocenters. The zero-order valence-corrected chi connectivity index (χ0v) is 21.7. The number of benzene rings is 4. The van der Waals surface area contributed by atoms with E-state index >= 15 is 0 Å². The van der Waals surface area contributed by atoms with Crippen LogP contribution in [0.4, 0.5) is 5.69 Å². The van der Waals surface area contributed by atoms with Gasteiger partial charge >= 0.3 is 0 Å². The molecule has 4 nitrogen and oxygen atoms in total. The molecule has 0 saturated carbocycles. The van der Waals surface area contributed by atoms with Crippen molar-refractivity contribution in [2.24, 2.45) is 0 Å². The molecule has 37 heavy (non-hydrogen) atoms. The van der Waals surface area contributed by atoms with E-state index < -0.39 is 0 Å². The van der Waals surface area contributed by atoms with Crippen LogP contribution in [-0.2, 0) is 0 Å². The smallest absolute Gasteiger partial charge is 0.137 e. The van der Waals surface area contributed by atoms with Gasteiger partial charge in [-0.2, -0.15) is 0 Å². The summed E-state index contributed by atoms with van der Waals surface area (Å²) in [5.74, 6) is 2.34. The monoisotopic (exact) mass is 490 g/mol. The Labute approximate surface area is 219 Å². The van der Waals surface area contributed by atoms with E-state index in [4.69, 9.17) is 14.6 Å². The number of unbranched alkanes of at least 4 members (excludes halogenated alkanes) is 2. The topological polar surface area (TPSA) is 49.5 Å². The Morgan fingerprint density at radius 3 is 2.16 bits per heavy atom. The number of fused-ring (bicyclic) bond motifs is 2. The molecule has 1 aliphatic heterocycles. The molecule has 0 saturated heterocycles. The minimum atomic E-state index is 0.442. The summed E-state index contributed by atoms with van der Waals surface area (Å²) >= 11 is 0. The van der Waals surface area contributed by atoms with Crippen LogP contribution in [0.1, 0.15) is 39.5 Å². The quantitative estimate of drug-likeness (QED) is 0.199. The molecule has 0 radical (unpaired) electrons. The summed E-state index contributed by atoms with van der Waals surface area (Å²) in [5, 5.41) is 9.68. The molecule has 188 valence electrons. The van der Waals surface area contributed by atoms with E-state index in [1.165, 1.54) is 31.4 Å². The van der Waals surface area contributed by atoms with E-state index in [9.17, 15) is 0 Å². The Bertz CT molecular complexity index is 1480. The van der Waals surface area contributed by atoms with Gasteiger partial charge < -0.3 is 19.5 Å². The fraction of sp³-hybridized carbons (Fsp3) is 0.242. The van der Waals surface area contributed by atoms with E-state index in [-0.39, 0.29) is 0 Å². The maximum Gasteiger partial charge on any atom is 0.137 e. The first-order valence-electron chi connectivity index (χ1n) is 13.3. The number of rotatable bonds is 10. The second-order valence-corrected chi connectivity index (χ2v) is 9.50. The highest BCUT2D eigenvalue weighted by atomic mass is 16.5. The number of para-hydroxylation sites is 1. The molecular weight excluding hydrogens is 456 g/mol. The third-order valence-corrected chi connectivity index (χ3v) is 6.76. The van der Waals surface area contributed by atoms with Crippen molar-refractivity contribution in [2.75, 3.05) is 18.0 Å².